The summed E-state index contributed by atoms with van der Waals surface area (Å²) in [5.41, 5.74) is -0.821. The van der Waals surface area contributed by atoms with E-state index >= 15 is 0 Å². The lowest BCUT2D eigenvalue weighted by atomic mass is 9.90. The fourth-order valence-electron chi connectivity index (χ4n) is 2.21. The number of hydrogen-bond acceptors (Lipinski definition) is 4. The van der Waals surface area contributed by atoms with Gasteiger partial charge in [-0.3, -0.25) is 9.48 Å². The zero-order chi connectivity index (χ0) is 14.6. The number of amides is 2. The molecule has 1 atom stereocenters. The first-order valence-corrected chi connectivity index (χ1v) is 6.61. The third kappa shape index (κ3) is 3.25. The van der Waals surface area contributed by atoms with Crippen molar-refractivity contribution in [3.63, 3.8) is 0 Å². The number of carbonyl (C=O) groups is 2. The van der Waals surface area contributed by atoms with E-state index in [9.17, 15) is 9.59 Å². The van der Waals surface area contributed by atoms with Gasteiger partial charge in [-0.2, -0.15) is 0 Å². The summed E-state index contributed by atoms with van der Waals surface area (Å²) in [6.45, 7) is 3.63. The van der Waals surface area contributed by atoms with Crippen molar-refractivity contribution in [2.24, 2.45) is 5.41 Å². The van der Waals surface area contributed by atoms with Crippen LogP contribution in [0.1, 0.15) is 19.8 Å². The lowest BCUT2D eigenvalue weighted by molar-refractivity contribution is -0.146. The molecule has 1 fully saturated rings. The average Bonchev–Trinajstić information content (AvgIpc) is 3.04. The minimum Gasteiger partial charge on any atom is -0.481 e. The summed E-state index contributed by atoms with van der Waals surface area (Å²) in [4.78, 5) is 24.6. The Morgan fingerprint density at radius 3 is 2.90 bits per heavy atom. The van der Waals surface area contributed by atoms with Gasteiger partial charge in [0.25, 0.3) is 0 Å². The molecule has 1 aromatic heterocycles. The normalized spacial score (nSPS) is 21.9. The van der Waals surface area contributed by atoms with Gasteiger partial charge in [0.2, 0.25) is 0 Å². The molecule has 110 valence electrons. The molecule has 2 N–H and O–H groups in total. The van der Waals surface area contributed by atoms with Crippen LogP contribution in [-0.4, -0.2) is 56.6 Å². The second-order valence-corrected chi connectivity index (χ2v) is 5.29. The molecule has 1 aliphatic rings. The van der Waals surface area contributed by atoms with Crippen molar-refractivity contribution in [3.05, 3.63) is 12.4 Å². The summed E-state index contributed by atoms with van der Waals surface area (Å²) >= 11 is 0. The highest BCUT2D eigenvalue weighted by Crippen LogP contribution is 2.29. The predicted molar refractivity (Wildman–Crippen MR) is 70.0 cm³/mol. The number of hydrogen-bond donors (Lipinski definition) is 2. The second kappa shape index (κ2) is 5.89. The van der Waals surface area contributed by atoms with Gasteiger partial charge in [-0.1, -0.05) is 5.21 Å². The number of carbonyl (C=O) groups excluding carboxylic acids is 1. The first-order valence-electron chi connectivity index (χ1n) is 6.61. The zero-order valence-corrected chi connectivity index (χ0v) is 11.4. The first-order chi connectivity index (χ1) is 9.51. The van der Waals surface area contributed by atoms with Crippen LogP contribution < -0.4 is 5.32 Å². The largest absolute Gasteiger partial charge is 0.481 e. The molecule has 1 aromatic rings. The molecule has 8 nitrogen and oxygen atoms in total. The van der Waals surface area contributed by atoms with Gasteiger partial charge in [-0.05, 0) is 19.8 Å². The van der Waals surface area contributed by atoms with Crippen molar-refractivity contribution in [1.82, 2.24) is 25.2 Å². The van der Waals surface area contributed by atoms with E-state index in [-0.39, 0.29) is 12.6 Å². The second-order valence-electron chi connectivity index (χ2n) is 5.29. The van der Waals surface area contributed by atoms with Crippen LogP contribution in [0.15, 0.2) is 12.4 Å². The molecule has 0 aliphatic carbocycles. The highest BCUT2D eigenvalue weighted by atomic mass is 16.4. The molecule has 2 heterocycles. The molecular formula is C12H19N5O3. The maximum absolute atomic E-state index is 11.9. The fraction of sp³-hybridized carbons (Fsp3) is 0.667. The monoisotopic (exact) mass is 281 g/mol. The summed E-state index contributed by atoms with van der Waals surface area (Å²) in [6, 6.07) is -0.200. The molecule has 0 saturated carbocycles. The lowest BCUT2D eigenvalue weighted by Gasteiger charge is -2.20. The summed E-state index contributed by atoms with van der Waals surface area (Å²) in [6.07, 6.45) is 4.62. The molecule has 0 spiro atoms. The predicted octanol–water partition coefficient (Wildman–Crippen LogP) is 0.174. The van der Waals surface area contributed by atoms with Crippen molar-refractivity contribution in [2.45, 2.75) is 26.3 Å². The molecule has 8 heteroatoms. The Labute approximate surface area is 116 Å². The molecule has 1 aliphatic heterocycles. The van der Waals surface area contributed by atoms with E-state index in [4.69, 9.17) is 5.11 Å². The highest BCUT2D eigenvalue weighted by molar-refractivity contribution is 5.79. The Morgan fingerprint density at radius 2 is 2.30 bits per heavy atom. The molecule has 1 saturated heterocycles. The number of nitrogens with zero attached hydrogens (tertiary/aromatic N) is 4. The van der Waals surface area contributed by atoms with E-state index in [0.717, 1.165) is 6.42 Å². The molecule has 20 heavy (non-hydrogen) atoms. The van der Waals surface area contributed by atoms with Crippen molar-refractivity contribution in [3.8, 4) is 0 Å². The van der Waals surface area contributed by atoms with Crippen LogP contribution in [0.2, 0.25) is 0 Å². The topological polar surface area (TPSA) is 100 Å². The van der Waals surface area contributed by atoms with E-state index < -0.39 is 11.4 Å². The van der Waals surface area contributed by atoms with Crippen LogP contribution in [0.4, 0.5) is 4.79 Å². The smallest absolute Gasteiger partial charge is 0.317 e. The van der Waals surface area contributed by atoms with Crippen molar-refractivity contribution < 1.29 is 14.7 Å². The third-order valence-electron chi connectivity index (χ3n) is 3.59. The van der Waals surface area contributed by atoms with E-state index in [1.807, 2.05) is 0 Å². The van der Waals surface area contributed by atoms with E-state index in [1.165, 1.54) is 0 Å². The van der Waals surface area contributed by atoms with Gasteiger partial charge in [0.15, 0.2) is 0 Å². The molecule has 0 bridgehead atoms. The summed E-state index contributed by atoms with van der Waals surface area (Å²) in [5.74, 6) is -0.848. The highest BCUT2D eigenvalue weighted by Gasteiger charge is 2.42. The molecule has 1 unspecified atom stereocenters. The lowest BCUT2D eigenvalue weighted by Crippen LogP contribution is -2.41. The zero-order valence-electron chi connectivity index (χ0n) is 11.4. The average molecular weight is 281 g/mol. The van der Waals surface area contributed by atoms with Crippen molar-refractivity contribution >= 4 is 12.0 Å². The third-order valence-corrected chi connectivity index (χ3v) is 3.59. The van der Waals surface area contributed by atoms with Gasteiger partial charge in [-0.15, -0.1) is 5.10 Å². The molecule has 2 rings (SSSR count). The Balaban J connectivity index is 1.69. The van der Waals surface area contributed by atoms with Gasteiger partial charge >= 0.3 is 12.0 Å². The van der Waals surface area contributed by atoms with Gasteiger partial charge in [0, 0.05) is 32.4 Å². The number of aromatic nitrogens is 3. The van der Waals surface area contributed by atoms with Crippen molar-refractivity contribution in [2.75, 3.05) is 19.6 Å². The van der Waals surface area contributed by atoms with E-state index in [2.05, 4.69) is 15.6 Å². The Morgan fingerprint density at radius 1 is 1.50 bits per heavy atom. The van der Waals surface area contributed by atoms with E-state index in [1.54, 1.807) is 28.9 Å². The maximum Gasteiger partial charge on any atom is 0.317 e. The SMILES string of the molecule is CC1(C(=O)O)CCN(C(=O)NCCCn2ccnn2)C1. The van der Waals surface area contributed by atoms with Crippen molar-refractivity contribution in [1.29, 1.82) is 0 Å². The number of nitrogens with one attached hydrogen (secondary N) is 1. The number of urea groups is 1. The van der Waals surface area contributed by atoms with Gasteiger partial charge in [0.1, 0.15) is 0 Å². The Kier molecular flexibility index (Phi) is 4.21. The molecular weight excluding hydrogens is 262 g/mol. The Hall–Kier alpha value is -2.12. The van der Waals surface area contributed by atoms with E-state index in [0.29, 0.717) is 26.1 Å². The summed E-state index contributed by atoms with van der Waals surface area (Å²) in [5, 5.41) is 19.4. The quantitative estimate of drug-likeness (QED) is 0.750. The summed E-state index contributed by atoms with van der Waals surface area (Å²) < 4.78 is 1.70. The first kappa shape index (κ1) is 14.3. The molecule has 2 amide bonds. The number of aryl methyl sites for hydroxylation is 1. The van der Waals surface area contributed by atoms with Crippen LogP contribution >= 0.6 is 0 Å². The van der Waals surface area contributed by atoms with Gasteiger partial charge in [-0.25, -0.2) is 4.79 Å². The van der Waals surface area contributed by atoms with Crippen LogP contribution in [-0.2, 0) is 11.3 Å². The standard InChI is InChI=1S/C12H19N5O3/c1-12(10(18)19)3-7-16(9-12)11(20)13-4-2-6-17-8-5-14-15-17/h5,8H,2-4,6-7,9H2,1H3,(H,13,20)(H,18,19). The fourth-order valence-corrected chi connectivity index (χ4v) is 2.21. The number of carboxylic acids is 1. The van der Waals surface area contributed by atoms with Gasteiger partial charge in [0.05, 0.1) is 11.6 Å². The minimum atomic E-state index is -0.848. The Bertz CT molecular complexity index is 475. The maximum atomic E-state index is 11.9. The number of likely N-dealkylation sites (tertiary alicyclic amines) is 1. The van der Waals surface area contributed by atoms with Crippen LogP contribution in [0.25, 0.3) is 0 Å². The minimum absolute atomic E-state index is 0.200. The number of aliphatic carboxylic acids is 1. The van der Waals surface area contributed by atoms with Crippen LogP contribution in [0, 0.1) is 5.41 Å². The summed E-state index contributed by atoms with van der Waals surface area (Å²) in [7, 11) is 0. The van der Waals surface area contributed by atoms with Crippen LogP contribution in [0.5, 0.6) is 0 Å². The number of carboxylic acid groups (broad SMARTS) is 1. The van der Waals surface area contributed by atoms with Gasteiger partial charge < -0.3 is 15.3 Å². The number of rotatable bonds is 5. The van der Waals surface area contributed by atoms with Crippen LogP contribution in [0.3, 0.4) is 0 Å². The molecule has 0 radical (unpaired) electrons. The molecule has 0 aromatic carbocycles.